The Morgan fingerprint density at radius 1 is 0.879 bits per heavy atom. The maximum Gasteiger partial charge on any atom is 0.199 e. The standard InChI is InChI=1S/C24H37NO8/c1-2-6-27-18-23-19-30-11-9-26-8-10-28-16-20-14-22(33-24-5-3-4-7-32-24)15-21(25-20)17-29-12-13-31-23/h2,14-15,23-24H,1,3-13,16-19H2. The van der Waals surface area contributed by atoms with Crippen molar-refractivity contribution in [2.45, 2.75) is 44.9 Å². The number of hydrogen-bond acceptors (Lipinski definition) is 9. The summed E-state index contributed by atoms with van der Waals surface area (Å²) in [6, 6.07) is 3.79. The lowest BCUT2D eigenvalue weighted by Crippen LogP contribution is -2.28. The molecule has 3 heterocycles. The van der Waals surface area contributed by atoms with Gasteiger partial charge in [-0.15, -0.1) is 6.58 Å². The third-order valence-corrected chi connectivity index (χ3v) is 4.98. The van der Waals surface area contributed by atoms with Crippen LogP contribution >= 0.6 is 0 Å². The van der Waals surface area contributed by atoms with E-state index in [-0.39, 0.29) is 12.4 Å². The van der Waals surface area contributed by atoms with Gasteiger partial charge in [-0.3, -0.25) is 4.98 Å². The van der Waals surface area contributed by atoms with E-state index in [1.165, 1.54) is 0 Å². The van der Waals surface area contributed by atoms with E-state index in [0.717, 1.165) is 37.3 Å². The summed E-state index contributed by atoms with van der Waals surface area (Å²) in [5, 5.41) is 0. The zero-order valence-corrected chi connectivity index (χ0v) is 19.4. The minimum atomic E-state index is -0.224. The van der Waals surface area contributed by atoms with Crippen LogP contribution in [0, 0.1) is 0 Å². The summed E-state index contributed by atoms with van der Waals surface area (Å²) in [6.07, 6.45) is 4.36. The van der Waals surface area contributed by atoms with Gasteiger partial charge in [-0.05, 0) is 12.8 Å². The summed E-state index contributed by atoms with van der Waals surface area (Å²) in [5.74, 6) is 0.715. The number of pyridine rings is 1. The Hall–Kier alpha value is -1.59. The lowest BCUT2D eigenvalue weighted by atomic mass is 10.2. The minimum absolute atomic E-state index is 0.187. The van der Waals surface area contributed by atoms with Crippen molar-refractivity contribution >= 4 is 0 Å². The molecule has 0 saturated carbocycles. The highest BCUT2D eigenvalue weighted by molar-refractivity contribution is 5.27. The van der Waals surface area contributed by atoms with Gasteiger partial charge in [0.2, 0.25) is 0 Å². The summed E-state index contributed by atoms with van der Waals surface area (Å²) < 4.78 is 45.9. The van der Waals surface area contributed by atoms with Gasteiger partial charge in [-0.2, -0.15) is 0 Å². The molecule has 3 rings (SSSR count). The summed E-state index contributed by atoms with van der Waals surface area (Å²) in [6.45, 7) is 9.17. The number of aromatic nitrogens is 1. The fourth-order valence-electron chi connectivity index (χ4n) is 3.40. The first-order chi connectivity index (χ1) is 16.3. The molecule has 186 valence electrons. The Balaban J connectivity index is 1.56. The van der Waals surface area contributed by atoms with E-state index >= 15 is 0 Å². The van der Waals surface area contributed by atoms with Gasteiger partial charge in [0.15, 0.2) is 6.29 Å². The van der Waals surface area contributed by atoms with Crippen LogP contribution in [0.15, 0.2) is 24.8 Å². The molecule has 9 nitrogen and oxygen atoms in total. The van der Waals surface area contributed by atoms with Gasteiger partial charge in [-0.1, -0.05) is 6.08 Å². The molecule has 2 bridgehead atoms. The zero-order valence-electron chi connectivity index (χ0n) is 19.4. The second-order valence-electron chi connectivity index (χ2n) is 7.81. The van der Waals surface area contributed by atoms with E-state index < -0.39 is 0 Å². The third kappa shape index (κ3) is 10.9. The van der Waals surface area contributed by atoms with Gasteiger partial charge in [-0.25, -0.2) is 0 Å². The van der Waals surface area contributed by atoms with Crippen LogP contribution in [0.25, 0.3) is 0 Å². The first kappa shape index (κ1) is 26.0. The number of fused-ring (bicyclic) bond motifs is 2. The molecule has 2 aliphatic heterocycles. The summed E-state index contributed by atoms with van der Waals surface area (Å²) in [4.78, 5) is 4.65. The van der Waals surface area contributed by atoms with Crippen LogP contribution in [-0.4, -0.2) is 83.4 Å². The maximum absolute atomic E-state index is 6.05. The normalized spacial score (nSPS) is 24.4. The number of rotatable bonds is 6. The van der Waals surface area contributed by atoms with Gasteiger partial charge in [0.05, 0.1) is 90.7 Å². The second-order valence-corrected chi connectivity index (χ2v) is 7.81. The molecule has 1 saturated heterocycles. The average molecular weight is 468 g/mol. The van der Waals surface area contributed by atoms with Crippen molar-refractivity contribution in [2.24, 2.45) is 0 Å². The van der Waals surface area contributed by atoms with Crippen molar-refractivity contribution in [2.75, 3.05) is 66.1 Å². The SMILES string of the molecule is C=CCOCC1COCCOCCOCc2cc(OC3CCCCO3)cc(n2)COCCO1. The van der Waals surface area contributed by atoms with Gasteiger partial charge >= 0.3 is 0 Å². The molecule has 0 N–H and O–H groups in total. The molecule has 0 aromatic carbocycles. The van der Waals surface area contributed by atoms with Crippen molar-refractivity contribution in [1.82, 2.24) is 4.98 Å². The Bertz CT molecular complexity index is 668. The summed E-state index contributed by atoms with van der Waals surface area (Å²) in [5.41, 5.74) is 1.55. The molecule has 1 fully saturated rings. The van der Waals surface area contributed by atoms with Crippen LogP contribution in [-0.2, 0) is 46.4 Å². The Kier molecular flexibility index (Phi) is 12.7. The van der Waals surface area contributed by atoms with Crippen LogP contribution in [0.1, 0.15) is 30.7 Å². The largest absolute Gasteiger partial charge is 0.465 e. The first-order valence-corrected chi connectivity index (χ1v) is 11.7. The molecule has 1 aromatic rings. The number of nitrogens with zero attached hydrogens (tertiary/aromatic N) is 1. The Morgan fingerprint density at radius 2 is 1.61 bits per heavy atom. The molecule has 0 radical (unpaired) electrons. The fourth-order valence-corrected chi connectivity index (χ4v) is 3.40. The van der Waals surface area contributed by atoms with Crippen molar-refractivity contribution in [3.63, 3.8) is 0 Å². The highest BCUT2D eigenvalue weighted by atomic mass is 16.7. The number of hydrogen-bond donors (Lipinski definition) is 0. The zero-order chi connectivity index (χ0) is 23.0. The van der Waals surface area contributed by atoms with Crippen LogP contribution < -0.4 is 4.74 Å². The lowest BCUT2D eigenvalue weighted by Gasteiger charge is -2.24. The van der Waals surface area contributed by atoms with Crippen molar-refractivity contribution in [3.8, 4) is 5.75 Å². The van der Waals surface area contributed by atoms with Gasteiger partial charge in [0.25, 0.3) is 0 Å². The minimum Gasteiger partial charge on any atom is -0.465 e. The van der Waals surface area contributed by atoms with E-state index in [9.17, 15) is 0 Å². The fraction of sp³-hybridized carbons (Fsp3) is 0.708. The topological polar surface area (TPSA) is 86.7 Å². The van der Waals surface area contributed by atoms with Crippen LogP contribution in [0.2, 0.25) is 0 Å². The third-order valence-electron chi connectivity index (χ3n) is 4.98. The quantitative estimate of drug-likeness (QED) is 0.463. The monoisotopic (exact) mass is 467 g/mol. The van der Waals surface area contributed by atoms with Crippen molar-refractivity contribution < 1.29 is 37.9 Å². The molecule has 2 atom stereocenters. The molecule has 0 aliphatic carbocycles. The summed E-state index contributed by atoms with van der Waals surface area (Å²) in [7, 11) is 0. The molecule has 0 amide bonds. The maximum atomic E-state index is 6.05. The molecule has 1 aromatic heterocycles. The lowest BCUT2D eigenvalue weighted by molar-refractivity contribution is -0.106. The molecule has 2 unspecified atom stereocenters. The predicted octanol–water partition coefficient (Wildman–Crippen LogP) is 2.65. The predicted molar refractivity (Wildman–Crippen MR) is 120 cm³/mol. The van der Waals surface area contributed by atoms with Crippen LogP contribution in [0.4, 0.5) is 0 Å². The van der Waals surface area contributed by atoms with E-state index in [4.69, 9.17) is 37.9 Å². The molecular weight excluding hydrogens is 430 g/mol. The first-order valence-electron chi connectivity index (χ1n) is 11.7. The van der Waals surface area contributed by atoms with E-state index in [1.807, 2.05) is 12.1 Å². The van der Waals surface area contributed by atoms with Crippen molar-refractivity contribution in [3.05, 3.63) is 36.2 Å². The highest BCUT2D eigenvalue weighted by Gasteiger charge is 2.16. The molecule has 9 heteroatoms. The number of ether oxygens (including phenoxy) is 8. The Labute approximate surface area is 196 Å². The Morgan fingerprint density at radius 3 is 2.33 bits per heavy atom. The van der Waals surface area contributed by atoms with E-state index in [0.29, 0.717) is 78.4 Å². The molecule has 0 spiro atoms. The van der Waals surface area contributed by atoms with Gasteiger partial charge < -0.3 is 37.9 Å². The highest BCUT2D eigenvalue weighted by Crippen LogP contribution is 2.21. The van der Waals surface area contributed by atoms with E-state index in [1.54, 1.807) is 6.08 Å². The smallest absolute Gasteiger partial charge is 0.199 e. The molecular formula is C24H37NO8. The summed E-state index contributed by atoms with van der Waals surface area (Å²) >= 11 is 0. The molecule has 33 heavy (non-hydrogen) atoms. The van der Waals surface area contributed by atoms with Crippen LogP contribution in [0.5, 0.6) is 5.75 Å². The van der Waals surface area contributed by atoms with E-state index in [2.05, 4.69) is 11.6 Å². The molecule has 2 aliphatic rings. The van der Waals surface area contributed by atoms with Gasteiger partial charge in [0.1, 0.15) is 11.9 Å². The van der Waals surface area contributed by atoms with Crippen molar-refractivity contribution in [1.29, 1.82) is 0 Å². The van der Waals surface area contributed by atoms with Crippen LogP contribution in [0.3, 0.4) is 0 Å². The van der Waals surface area contributed by atoms with Gasteiger partial charge in [0, 0.05) is 18.6 Å². The average Bonchev–Trinajstić information content (AvgIpc) is 2.82. The second kappa shape index (κ2) is 16.1.